The van der Waals surface area contributed by atoms with E-state index in [1.165, 1.54) is 21.3 Å². The second-order valence-electron chi connectivity index (χ2n) is 6.55. The number of hydrogen-bond acceptors (Lipinski definition) is 5. The Bertz CT molecular complexity index is 554. The van der Waals surface area contributed by atoms with Crippen molar-refractivity contribution >= 4 is 5.97 Å². The van der Waals surface area contributed by atoms with Crippen LogP contribution < -0.4 is 19.5 Å². The van der Waals surface area contributed by atoms with E-state index in [1.807, 2.05) is 13.8 Å². The zero-order valence-corrected chi connectivity index (χ0v) is 15.2. The Labute approximate surface area is 143 Å². The van der Waals surface area contributed by atoms with Gasteiger partial charge in [0.25, 0.3) is 0 Å². The van der Waals surface area contributed by atoms with E-state index in [0.717, 1.165) is 25.9 Å². The topological polar surface area (TPSA) is 70.6 Å². The van der Waals surface area contributed by atoms with Crippen LogP contribution in [0.2, 0.25) is 0 Å². The Balaban J connectivity index is 2.22. The number of benzene rings is 1. The lowest BCUT2D eigenvalue weighted by atomic mass is 9.83. The highest BCUT2D eigenvalue weighted by molar-refractivity contribution is 5.91. The molecular formula is C18H28NO5+. The van der Waals surface area contributed by atoms with Crippen LogP contribution in [-0.4, -0.2) is 46.0 Å². The molecule has 1 aromatic rings. The van der Waals surface area contributed by atoms with Crippen LogP contribution in [0.1, 0.15) is 37.0 Å². The predicted molar refractivity (Wildman–Crippen MR) is 90.0 cm³/mol. The van der Waals surface area contributed by atoms with Gasteiger partial charge in [0.1, 0.15) is 5.60 Å². The SMILES string of the molecule is COc1cc(C(=O)OC(C)(C)C2CC[NH2+]CC2)cc(OC)c1OC. The summed E-state index contributed by atoms with van der Waals surface area (Å²) in [5.74, 6) is 1.32. The minimum atomic E-state index is -0.508. The number of methoxy groups -OCH3 is 3. The second kappa shape index (κ2) is 7.75. The molecule has 0 spiro atoms. The number of carbonyl (C=O) groups excluding carboxylic acids is 1. The second-order valence-corrected chi connectivity index (χ2v) is 6.55. The van der Waals surface area contributed by atoms with Crippen molar-refractivity contribution in [2.45, 2.75) is 32.3 Å². The summed E-state index contributed by atoms with van der Waals surface area (Å²) in [5.41, 5.74) is -0.119. The molecule has 0 atom stereocenters. The van der Waals surface area contributed by atoms with Gasteiger partial charge in [0.2, 0.25) is 5.75 Å². The predicted octanol–water partition coefficient (Wildman–Crippen LogP) is 1.62. The summed E-state index contributed by atoms with van der Waals surface area (Å²) >= 11 is 0. The Morgan fingerprint density at radius 3 is 2.04 bits per heavy atom. The standard InChI is InChI=1S/C18H27NO5/c1-18(2,13-6-8-19-9-7-13)24-17(20)12-10-14(21-3)16(23-5)15(11-12)22-4/h10-11,13,19H,6-9H2,1-5H3/p+1. The number of esters is 1. The fraction of sp³-hybridized carbons (Fsp3) is 0.611. The van der Waals surface area contributed by atoms with Crippen LogP contribution in [0, 0.1) is 5.92 Å². The number of hydrogen-bond donors (Lipinski definition) is 1. The maximum atomic E-state index is 12.7. The molecule has 1 saturated heterocycles. The van der Waals surface area contributed by atoms with Crippen LogP contribution >= 0.6 is 0 Å². The average molecular weight is 338 g/mol. The molecule has 0 bridgehead atoms. The van der Waals surface area contributed by atoms with Crippen molar-refractivity contribution < 1.29 is 29.1 Å². The van der Waals surface area contributed by atoms with Gasteiger partial charge < -0.3 is 24.3 Å². The zero-order valence-electron chi connectivity index (χ0n) is 15.2. The van der Waals surface area contributed by atoms with E-state index in [-0.39, 0.29) is 5.97 Å². The molecule has 1 aliphatic heterocycles. The summed E-state index contributed by atoms with van der Waals surface area (Å²) in [6, 6.07) is 3.24. The number of quaternary nitrogens is 1. The minimum absolute atomic E-state index is 0.369. The molecule has 2 N–H and O–H groups in total. The molecule has 1 aromatic carbocycles. The fourth-order valence-electron chi connectivity index (χ4n) is 3.20. The highest BCUT2D eigenvalue weighted by Crippen LogP contribution is 2.39. The summed E-state index contributed by atoms with van der Waals surface area (Å²) in [5, 5.41) is 2.30. The first-order chi connectivity index (χ1) is 11.4. The molecule has 24 heavy (non-hydrogen) atoms. The lowest BCUT2D eigenvalue weighted by Gasteiger charge is -2.35. The third-order valence-corrected chi connectivity index (χ3v) is 4.68. The van der Waals surface area contributed by atoms with Gasteiger partial charge in [-0.15, -0.1) is 0 Å². The van der Waals surface area contributed by atoms with E-state index in [0.29, 0.717) is 28.7 Å². The molecule has 0 amide bonds. The van der Waals surface area contributed by atoms with Crippen LogP contribution in [0.15, 0.2) is 12.1 Å². The van der Waals surface area contributed by atoms with E-state index in [9.17, 15) is 4.79 Å². The lowest BCUT2D eigenvalue weighted by Crippen LogP contribution is -2.86. The van der Waals surface area contributed by atoms with Crippen molar-refractivity contribution in [3.8, 4) is 17.2 Å². The van der Waals surface area contributed by atoms with Crippen molar-refractivity contribution in [2.24, 2.45) is 5.92 Å². The first-order valence-electron chi connectivity index (χ1n) is 8.28. The third-order valence-electron chi connectivity index (χ3n) is 4.68. The Kier molecular flexibility index (Phi) is 5.94. The van der Waals surface area contributed by atoms with Gasteiger partial charge in [-0.05, 0) is 26.0 Å². The van der Waals surface area contributed by atoms with Gasteiger partial charge in [-0.2, -0.15) is 0 Å². The maximum absolute atomic E-state index is 12.7. The normalized spacial score (nSPS) is 15.7. The highest BCUT2D eigenvalue weighted by Gasteiger charge is 2.36. The lowest BCUT2D eigenvalue weighted by molar-refractivity contribution is -0.665. The van der Waals surface area contributed by atoms with Crippen molar-refractivity contribution in [1.82, 2.24) is 0 Å². The smallest absolute Gasteiger partial charge is 0.338 e. The molecule has 0 radical (unpaired) electrons. The average Bonchev–Trinajstić information content (AvgIpc) is 2.60. The molecule has 1 aliphatic rings. The number of ether oxygens (including phenoxy) is 4. The summed E-state index contributed by atoms with van der Waals surface area (Å²) in [7, 11) is 4.57. The van der Waals surface area contributed by atoms with Crippen molar-refractivity contribution in [2.75, 3.05) is 34.4 Å². The highest BCUT2D eigenvalue weighted by atomic mass is 16.6. The number of piperidine rings is 1. The molecule has 0 saturated carbocycles. The molecule has 1 heterocycles. The van der Waals surface area contributed by atoms with Gasteiger partial charge >= 0.3 is 5.97 Å². The molecule has 0 aliphatic carbocycles. The van der Waals surface area contributed by atoms with Gasteiger partial charge in [0, 0.05) is 18.8 Å². The van der Waals surface area contributed by atoms with E-state index in [1.54, 1.807) is 12.1 Å². The van der Waals surface area contributed by atoms with Crippen LogP contribution in [0.25, 0.3) is 0 Å². The summed E-state index contributed by atoms with van der Waals surface area (Å²) in [6.45, 7) is 6.13. The van der Waals surface area contributed by atoms with Gasteiger partial charge in [-0.1, -0.05) is 0 Å². The van der Waals surface area contributed by atoms with E-state index in [4.69, 9.17) is 18.9 Å². The summed E-state index contributed by atoms with van der Waals surface area (Å²) in [6.07, 6.45) is 2.10. The van der Waals surface area contributed by atoms with Crippen molar-refractivity contribution in [3.63, 3.8) is 0 Å². The summed E-state index contributed by atoms with van der Waals surface area (Å²) < 4.78 is 21.7. The quantitative estimate of drug-likeness (QED) is 0.798. The van der Waals surface area contributed by atoms with E-state index >= 15 is 0 Å². The minimum Gasteiger partial charge on any atom is -0.493 e. The molecule has 6 heteroatoms. The van der Waals surface area contributed by atoms with Crippen LogP contribution in [-0.2, 0) is 4.74 Å². The molecule has 0 aromatic heterocycles. The third kappa shape index (κ3) is 3.93. The number of nitrogens with two attached hydrogens (primary N) is 1. The summed E-state index contributed by atoms with van der Waals surface area (Å²) in [4.78, 5) is 12.7. The Morgan fingerprint density at radius 1 is 1.04 bits per heavy atom. The van der Waals surface area contributed by atoms with E-state index < -0.39 is 5.60 Å². The van der Waals surface area contributed by atoms with E-state index in [2.05, 4.69) is 5.32 Å². The Morgan fingerprint density at radius 2 is 1.58 bits per heavy atom. The molecule has 0 unspecified atom stereocenters. The molecule has 1 fully saturated rings. The van der Waals surface area contributed by atoms with Gasteiger partial charge in [0.05, 0.1) is 40.0 Å². The first-order valence-corrected chi connectivity index (χ1v) is 8.28. The number of rotatable bonds is 6. The maximum Gasteiger partial charge on any atom is 0.338 e. The Hall–Kier alpha value is -1.95. The van der Waals surface area contributed by atoms with Gasteiger partial charge in [-0.25, -0.2) is 4.79 Å². The zero-order chi connectivity index (χ0) is 17.7. The molecule has 2 rings (SSSR count). The van der Waals surface area contributed by atoms with Crippen molar-refractivity contribution in [1.29, 1.82) is 0 Å². The largest absolute Gasteiger partial charge is 0.493 e. The van der Waals surface area contributed by atoms with Gasteiger partial charge in [0.15, 0.2) is 11.5 Å². The first kappa shape index (κ1) is 18.4. The van der Waals surface area contributed by atoms with Crippen LogP contribution in [0.4, 0.5) is 0 Å². The molecular weight excluding hydrogens is 310 g/mol. The fourth-order valence-corrected chi connectivity index (χ4v) is 3.20. The monoisotopic (exact) mass is 338 g/mol. The molecule has 134 valence electrons. The van der Waals surface area contributed by atoms with Crippen LogP contribution in [0.3, 0.4) is 0 Å². The van der Waals surface area contributed by atoms with Crippen molar-refractivity contribution in [3.05, 3.63) is 17.7 Å². The number of carbonyl (C=O) groups is 1. The van der Waals surface area contributed by atoms with Gasteiger partial charge in [-0.3, -0.25) is 0 Å². The molecule has 6 nitrogen and oxygen atoms in total. The van der Waals surface area contributed by atoms with Crippen LogP contribution in [0.5, 0.6) is 17.2 Å².